The minimum absolute atomic E-state index is 0.102. The number of aromatic nitrogens is 3. The van der Waals surface area contributed by atoms with Crippen LogP contribution in [0.4, 0.5) is 26.3 Å². The number of ether oxygens (including phenoxy) is 1. The van der Waals surface area contributed by atoms with E-state index in [9.17, 15) is 26.3 Å². The van der Waals surface area contributed by atoms with E-state index in [1.54, 1.807) is 19.4 Å². The van der Waals surface area contributed by atoms with Crippen LogP contribution in [0.15, 0.2) is 42.6 Å². The van der Waals surface area contributed by atoms with Crippen molar-refractivity contribution in [2.75, 3.05) is 20.2 Å². The molecule has 2 aromatic carbocycles. The van der Waals surface area contributed by atoms with Crippen molar-refractivity contribution >= 4 is 21.9 Å². The zero-order valence-corrected chi connectivity index (χ0v) is 21.9. The fourth-order valence-electron chi connectivity index (χ4n) is 6.73. The molecule has 40 heavy (non-hydrogen) atoms. The topological polar surface area (TPSA) is 54.0 Å². The molecule has 2 bridgehead atoms. The van der Waals surface area contributed by atoms with Crippen molar-refractivity contribution in [3.05, 3.63) is 65.1 Å². The second-order valence-electron chi connectivity index (χ2n) is 10.8. The van der Waals surface area contributed by atoms with Crippen molar-refractivity contribution in [1.29, 1.82) is 0 Å². The number of nitrogens with one attached hydrogen (secondary N) is 1. The predicted octanol–water partition coefficient (Wildman–Crippen LogP) is 7.41. The maximum Gasteiger partial charge on any atom is 0.418 e. The molecule has 3 saturated heterocycles. The van der Waals surface area contributed by atoms with Gasteiger partial charge < -0.3 is 9.72 Å². The average Bonchev–Trinajstić information content (AvgIpc) is 3.35. The van der Waals surface area contributed by atoms with Crippen LogP contribution in [0.2, 0.25) is 0 Å². The Morgan fingerprint density at radius 3 is 2.52 bits per heavy atom. The Hall–Kier alpha value is -3.34. The summed E-state index contributed by atoms with van der Waals surface area (Å²) in [6, 6.07) is 8.01. The Balaban J connectivity index is 1.58. The van der Waals surface area contributed by atoms with E-state index in [1.807, 2.05) is 18.2 Å². The number of hydrogen-bond acceptors (Lipinski definition) is 4. The number of halogens is 6. The molecule has 3 fully saturated rings. The van der Waals surface area contributed by atoms with Crippen LogP contribution < -0.4 is 4.74 Å². The van der Waals surface area contributed by atoms with Crippen molar-refractivity contribution in [1.82, 2.24) is 19.9 Å². The van der Waals surface area contributed by atoms with E-state index in [0.29, 0.717) is 29.2 Å². The summed E-state index contributed by atoms with van der Waals surface area (Å²) in [7, 11) is 1.54. The van der Waals surface area contributed by atoms with Gasteiger partial charge >= 0.3 is 12.4 Å². The lowest BCUT2D eigenvalue weighted by Crippen LogP contribution is -2.55. The summed E-state index contributed by atoms with van der Waals surface area (Å²) in [5.41, 5.74) is -2.12. The van der Waals surface area contributed by atoms with Gasteiger partial charge in [0.05, 0.1) is 35.2 Å². The first-order valence-electron chi connectivity index (χ1n) is 13.3. The highest BCUT2D eigenvalue weighted by atomic mass is 19.4. The molecular weight excluding hydrogens is 534 g/mol. The number of benzene rings is 2. The number of rotatable bonds is 5. The highest BCUT2D eigenvalue weighted by Gasteiger charge is 2.45. The van der Waals surface area contributed by atoms with Crippen LogP contribution in [-0.2, 0) is 12.4 Å². The summed E-state index contributed by atoms with van der Waals surface area (Å²) in [4.78, 5) is 14.1. The second kappa shape index (κ2) is 9.64. The molecule has 0 spiro atoms. The van der Waals surface area contributed by atoms with Crippen LogP contribution in [-0.4, -0.2) is 46.1 Å². The van der Waals surface area contributed by atoms with Crippen LogP contribution in [0.3, 0.4) is 0 Å². The summed E-state index contributed by atoms with van der Waals surface area (Å²) in [6.07, 6.45) is -5.42. The number of aromatic amines is 1. The van der Waals surface area contributed by atoms with Crippen LogP contribution in [0, 0.1) is 11.8 Å². The average molecular weight is 563 g/mol. The largest absolute Gasteiger partial charge is 0.497 e. The zero-order valence-electron chi connectivity index (χ0n) is 21.9. The van der Waals surface area contributed by atoms with E-state index >= 15 is 0 Å². The highest BCUT2D eigenvalue weighted by Crippen LogP contribution is 2.47. The monoisotopic (exact) mass is 562 g/mol. The fourth-order valence-corrected chi connectivity index (χ4v) is 6.73. The van der Waals surface area contributed by atoms with Gasteiger partial charge in [-0.05, 0) is 73.2 Å². The number of methoxy groups -OCH3 is 1. The zero-order chi connectivity index (χ0) is 28.4. The second-order valence-corrected chi connectivity index (χ2v) is 10.8. The molecule has 1 N–H and O–H groups in total. The van der Waals surface area contributed by atoms with Crippen LogP contribution in [0.25, 0.3) is 21.9 Å². The Kier molecular flexibility index (Phi) is 6.47. The van der Waals surface area contributed by atoms with E-state index in [4.69, 9.17) is 4.74 Å². The summed E-state index contributed by atoms with van der Waals surface area (Å²) in [6.45, 7) is 3.87. The molecular formula is C29H28F6N4O. The first-order chi connectivity index (χ1) is 19.0. The third-order valence-electron chi connectivity index (χ3n) is 8.69. The number of fused-ring (bicyclic) bond motifs is 5. The number of pyridine rings is 1. The third kappa shape index (κ3) is 4.57. The molecule has 0 radical (unpaired) electrons. The normalized spacial score (nSPS) is 24.1. The van der Waals surface area contributed by atoms with Crippen molar-refractivity contribution in [2.45, 2.75) is 50.5 Å². The first kappa shape index (κ1) is 26.9. The van der Waals surface area contributed by atoms with Gasteiger partial charge in [-0.3, -0.25) is 9.88 Å². The SMILES string of the molecule is CCC1CN2CCC1C[C@H]2[C@H](c1nc2c(C(F)(F)F)cc(C(F)(F)F)cc2[nH]1)c1ccnc2ccc(OC)cc12. The van der Waals surface area contributed by atoms with Crippen LogP contribution in [0.5, 0.6) is 5.75 Å². The molecule has 7 rings (SSSR count). The summed E-state index contributed by atoms with van der Waals surface area (Å²) in [5.74, 6) is 1.26. The number of H-pyrrole nitrogens is 1. The third-order valence-corrected chi connectivity index (χ3v) is 8.69. The fraction of sp³-hybridized carbons (Fsp3) is 0.448. The minimum Gasteiger partial charge on any atom is -0.497 e. The molecule has 3 aliphatic rings. The molecule has 5 nitrogen and oxygen atoms in total. The van der Waals surface area contributed by atoms with Gasteiger partial charge in [0, 0.05) is 24.2 Å². The summed E-state index contributed by atoms with van der Waals surface area (Å²) in [5, 5.41) is 0.758. The lowest BCUT2D eigenvalue weighted by atomic mass is 9.70. The standard InChI is InChI=1S/C29H28F6N4O/c1-3-15-14-39-9-7-16(15)10-24(39)25(19-6-8-36-22-5-4-18(40-2)13-20(19)22)27-37-23-12-17(28(30,31)32)11-21(26(23)38-27)29(33,34)35/h4-6,8,11-13,15-16,24-25H,3,7,9-10,14H2,1-2H3,(H,37,38)/t15?,16?,24-,25+/m0/s1. The quantitative estimate of drug-likeness (QED) is 0.258. The molecule has 3 unspecified atom stereocenters. The van der Waals surface area contributed by atoms with E-state index in [1.165, 1.54) is 0 Å². The molecule has 5 atom stereocenters. The highest BCUT2D eigenvalue weighted by molar-refractivity contribution is 5.85. The van der Waals surface area contributed by atoms with Gasteiger partial charge in [-0.25, -0.2) is 4.98 Å². The van der Waals surface area contributed by atoms with Gasteiger partial charge in [-0.15, -0.1) is 0 Å². The molecule has 3 aliphatic heterocycles. The Morgan fingerprint density at radius 2 is 1.88 bits per heavy atom. The molecule has 4 aromatic rings. The smallest absolute Gasteiger partial charge is 0.418 e. The number of hydrogen-bond donors (Lipinski definition) is 1. The number of alkyl halides is 6. The lowest BCUT2D eigenvalue weighted by Gasteiger charge is -2.52. The molecule has 11 heteroatoms. The van der Waals surface area contributed by atoms with Gasteiger partial charge in [-0.1, -0.05) is 13.3 Å². The minimum atomic E-state index is -5.01. The molecule has 2 aromatic heterocycles. The van der Waals surface area contributed by atoms with Crippen LogP contribution >= 0.6 is 0 Å². The summed E-state index contributed by atoms with van der Waals surface area (Å²) >= 11 is 0. The number of nitrogens with zero attached hydrogens (tertiary/aromatic N) is 3. The van der Waals surface area contributed by atoms with Gasteiger partial charge in [0.1, 0.15) is 17.1 Å². The molecule has 212 valence electrons. The Labute approximate surface area is 226 Å². The maximum atomic E-state index is 14.0. The molecule has 0 amide bonds. The number of imidazole rings is 1. The first-order valence-corrected chi connectivity index (χ1v) is 13.3. The van der Waals surface area contributed by atoms with E-state index in [-0.39, 0.29) is 23.4 Å². The Bertz CT molecular complexity index is 1560. The number of piperidine rings is 3. The molecule has 0 aliphatic carbocycles. The molecule has 5 heterocycles. The van der Waals surface area contributed by atoms with Crippen molar-refractivity contribution < 1.29 is 31.1 Å². The molecule has 0 saturated carbocycles. The van der Waals surface area contributed by atoms with Gasteiger partial charge in [-0.2, -0.15) is 26.3 Å². The Morgan fingerprint density at radius 1 is 1.07 bits per heavy atom. The van der Waals surface area contributed by atoms with Crippen LogP contribution in [0.1, 0.15) is 54.6 Å². The van der Waals surface area contributed by atoms with Crippen molar-refractivity contribution in [3.8, 4) is 5.75 Å². The van der Waals surface area contributed by atoms with E-state index in [0.717, 1.165) is 43.3 Å². The van der Waals surface area contributed by atoms with Gasteiger partial charge in [0.15, 0.2) is 0 Å². The van der Waals surface area contributed by atoms with Crippen molar-refractivity contribution in [2.24, 2.45) is 11.8 Å². The van der Waals surface area contributed by atoms with E-state index < -0.39 is 34.9 Å². The summed E-state index contributed by atoms with van der Waals surface area (Å²) < 4.78 is 88.3. The maximum absolute atomic E-state index is 14.0. The van der Waals surface area contributed by atoms with Crippen molar-refractivity contribution in [3.63, 3.8) is 0 Å². The van der Waals surface area contributed by atoms with Gasteiger partial charge in [0.25, 0.3) is 0 Å². The lowest BCUT2D eigenvalue weighted by molar-refractivity contribution is -0.142. The van der Waals surface area contributed by atoms with E-state index in [2.05, 4.69) is 26.8 Å². The van der Waals surface area contributed by atoms with Gasteiger partial charge in [0.2, 0.25) is 0 Å². The predicted molar refractivity (Wildman–Crippen MR) is 138 cm³/mol.